The van der Waals surface area contributed by atoms with Crippen molar-refractivity contribution in [1.82, 2.24) is 4.98 Å². The summed E-state index contributed by atoms with van der Waals surface area (Å²) in [5, 5.41) is 9.10. The van der Waals surface area contributed by atoms with Crippen molar-refractivity contribution in [2.75, 3.05) is 14.7 Å². The van der Waals surface area contributed by atoms with Crippen LogP contribution in [0.1, 0.15) is 47.2 Å². The summed E-state index contributed by atoms with van der Waals surface area (Å²) in [4.78, 5) is 11.0. The predicted molar refractivity (Wildman–Crippen MR) is 507 cm³/mol. The summed E-state index contributed by atoms with van der Waals surface area (Å²) < 4.78 is 0. The van der Waals surface area contributed by atoms with Crippen molar-refractivity contribution in [3.05, 3.63) is 464 Å². The van der Waals surface area contributed by atoms with Crippen molar-refractivity contribution < 1.29 is 0 Å². The zero-order valence-corrected chi connectivity index (χ0v) is 66.5. The van der Waals surface area contributed by atoms with E-state index in [0.717, 1.165) is 51.7 Å². The van der Waals surface area contributed by atoms with Gasteiger partial charge in [0.05, 0.1) is 11.4 Å². The molecule has 0 aliphatic heterocycles. The third-order valence-electron chi connectivity index (χ3n) is 25.6. The minimum absolute atomic E-state index is 0.252. The molecule has 0 saturated heterocycles. The van der Waals surface area contributed by atoms with Gasteiger partial charge in [-0.2, -0.15) is 0 Å². The lowest BCUT2D eigenvalue weighted by atomic mass is 9.82. The molecule has 0 atom stereocenters. The first-order valence-electron chi connectivity index (χ1n) is 41.7. The van der Waals surface area contributed by atoms with Crippen LogP contribution in [-0.2, 0) is 11.8 Å². The Balaban J connectivity index is 0.000000141. The summed E-state index contributed by atoms with van der Waals surface area (Å²) in [6, 6.07) is 158. The number of allylic oxidation sites excluding steroid dienone is 1. The lowest BCUT2D eigenvalue weighted by Gasteiger charge is -2.30. The molecule has 19 aromatic carbocycles. The number of fused-ring (bicyclic) bond motifs is 13. The van der Waals surface area contributed by atoms with Crippen molar-refractivity contribution >= 4 is 106 Å². The Labute approximate surface area is 699 Å². The molecule has 0 radical (unpaired) electrons. The van der Waals surface area contributed by atoms with Gasteiger partial charge in [0.15, 0.2) is 0 Å². The van der Waals surface area contributed by atoms with Gasteiger partial charge in [-0.1, -0.05) is 335 Å². The second-order valence-electron chi connectivity index (χ2n) is 32.7. The standard InChI is InChI=1S/C62H44N2.C54H36N2/c1-62(2)57-38-48(31-34-52(57)53-35-32-49(39-58(53)62)64(45-20-7-4-8-21-45)59-25-13-17-42-16-9-10-22-50(42)59)63(46-28-26-41(27-29-46)40-14-5-3-6-15-40)47-30-33-51-44(36-47)37-56-54-23-11-18-43-19-12-24-55(60(43)54)61(51)56;1-3-9-36(10-4-1)38-17-19-39(20-18-38)41-23-30-46(31-24-41)56(45-28-21-40(22-29-45)37-11-5-2-6-12-37)47-32-25-42(26-33-47)44-27-34-48-51(35-44)55-54-50-16-8-14-43-13-7-15-49(52(43)50)53(48)54/h3-36,38-39H,37H2,1-2H3;1-35,55H. The Bertz CT molecular complexity index is 7440. The van der Waals surface area contributed by atoms with Crippen LogP contribution in [0.4, 0.5) is 51.2 Å². The van der Waals surface area contributed by atoms with Gasteiger partial charge in [0.25, 0.3) is 0 Å². The van der Waals surface area contributed by atoms with E-state index in [-0.39, 0.29) is 5.41 Å². The molecule has 0 bridgehead atoms. The van der Waals surface area contributed by atoms with Gasteiger partial charge in [0, 0.05) is 78.3 Å². The third kappa shape index (κ3) is 11.8. The maximum atomic E-state index is 3.80. The van der Waals surface area contributed by atoms with Gasteiger partial charge < -0.3 is 19.7 Å². The fourth-order valence-corrected chi connectivity index (χ4v) is 19.8. The number of aromatic amines is 1. The number of anilines is 9. The molecule has 1 heterocycles. The molecule has 120 heavy (non-hydrogen) atoms. The molecule has 1 N–H and O–H groups in total. The summed E-state index contributed by atoms with van der Waals surface area (Å²) in [6.07, 6.45) is 0.931. The maximum absolute atomic E-state index is 3.80. The molecule has 24 rings (SSSR count). The van der Waals surface area contributed by atoms with Crippen LogP contribution in [0.2, 0.25) is 0 Å². The van der Waals surface area contributed by atoms with E-state index in [0.29, 0.717) is 0 Å². The van der Waals surface area contributed by atoms with Gasteiger partial charge in [-0.15, -0.1) is 0 Å². The molecule has 0 spiro atoms. The first-order chi connectivity index (χ1) is 59.2. The minimum atomic E-state index is -0.252. The van der Waals surface area contributed by atoms with E-state index in [2.05, 4.69) is 464 Å². The largest absolute Gasteiger partial charge is 0.354 e. The molecule has 4 aliphatic carbocycles. The van der Waals surface area contributed by atoms with E-state index in [9.17, 15) is 0 Å². The first kappa shape index (κ1) is 70.1. The lowest BCUT2D eigenvalue weighted by molar-refractivity contribution is 0.660. The monoisotopic (exact) mass is 1530 g/mol. The van der Waals surface area contributed by atoms with E-state index in [4.69, 9.17) is 0 Å². The fourth-order valence-electron chi connectivity index (χ4n) is 19.8. The highest BCUT2D eigenvalue weighted by Crippen LogP contribution is 2.57. The van der Waals surface area contributed by atoms with Gasteiger partial charge in [0.1, 0.15) is 0 Å². The minimum Gasteiger partial charge on any atom is -0.354 e. The quantitative estimate of drug-likeness (QED) is 0.117. The second-order valence-corrected chi connectivity index (χ2v) is 32.7. The zero-order valence-electron chi connectivity index (χ0n) is 66.5. The molecule has 4 nitrogen and oxygen atoms in total. The Morgan fingerprint density at radius 1 is 0.242 bits per heavy atom. The normalized spacial score (nSPS) is 12.8. The van der Waals surface area contributed by atoms with Crippen LogP contribution in [0.25, 0.3) is 144 Å². The van der Waals surface area contributed by atoms with E-state index in [1.807, 2.05) is 0 Å². The molecule has 0 saturated carbocycles. The summed E-state index contributed by atoms with van der Waals surface area (Å²) in [6.45, 7) is 4.80. The average Bonchev–Trinajstić information content (AvgIpc) is 1.54. The van der Waals surface area contributed by atoms with Crippen molar-refractivity contribution in [3.63, 3.8) is 0 Å². The number of hydrogen-bond acceptors (Lipinski definition) is 3. The number of hydrogen-bond donors (Lipinski definition) is 1. The highest BCUT2D eigenvalue weighted by atomic mass is 15.2. The van der Waals surface area contributed by atoms with Crippen LogP contribution in [0.15, 0.2) is 431 Å². The average molecular weight is 1530 g/mol. The van der Waals surface area contributed by atoms with E-state index in [1.165, 1.54) is 183 Å². The zero-order chi connectivity index (χ0) is 79.5. The Morgan fingerprint density at radius 2 is 0.608 bits per heavy atom. The first-order valence-corrected chi connectivity index (χ1v) is 41.7. The van der Waals surface area contributed by atoms with Gasteiger partial charge in [-0.25, -0.2) is 0 Å². The molecule has 1 aromatic heterocycles. The van der Waals surface area contributed by atoms with Gasteiger partial charge in [0.2, 0.25) is 0 Å². The highest BCUT2D eigenvalue weighted by Gasteiger charge is 2.38. The Hall–Kier alpha value is -15.4. The van der Waals surface area contributed by atoms with Crippen LogP contribution in [-0.4, -0.2) is 4.98 Å². The number of H-pyrrole nitrogens is 1. The van der Waals surface area contributed by atoms with E-state index < -0.39 is 0 Å². The number of aromatic nitrogens is 1. The number of benzene rings is 19. The van der Waals surface area contributed by atoms with Crippen molar-refractivity contribution in [3.8, 4) is 89.1 Å². The summed E-state index contributed by atoms with van der Waals surface area (Å²) in [7, 11) is 0. The predicted octanol–water partition coefficient (Wildman–Crippen LogP) is 31.8. The van der Waals surface area contributed by atoms with E-state index >= 15 is 0 Å². The molecule has 20 aromatic rings. The fraction of sp³-hybridized carbons (Fsp3) is 0.0345. The van der Waals surface area contributed by atoms with Gasteiger partial charge in [-0.3, -0.25) is 0 Å². The molecule has 0 amide bonds. The van der Waals surface area contributed by atoms with Crippen LogP contribution in [0, 0.1) is 0 Å². The Morgan fingerprint density at radius 3 is 1.14 bits per heavy atom. The molecule has 0 fully saturated rings. The van der Waals surface area contributed by atoms with Gasteiger partial charge >= 0.3 is 0 Å². The topological polar surface area (TPSA) is 25.5 Å². The van der Waals surface area contributed by atoms with Crippen LogP contribution < -0.4 is 14.7 Å². The number of nitrogens with zero attached hydrogens (tertiary/aromatic N) is 3. The molecule has 564 valence electrons. The van der Waals surface area contributed by atoms with Crippen LogP contribution >= 0.6 is 0 Å². The summed E-state index contributed by atoms with van der Waals surface area (Å²) >= 11 is 0. The number of nitrogens with one attached hydrogen (secondary N) is 1. The summed E-state index contributed by atoms with van der Waals surface area (Å²) in [5.74, 6) is 0. The second kappa shape index (κ2) is 28.5. The van der Waals surface area contributed by atoms with Crippen molar-refractivity contribution in [2.45, 2.75) is 25.7 Å². The van der Waals surface area contributed by atoms with Crippen LogP contribution in [0.5, 0.6) is 0 Å². The molecule has 4 aliphatic rings. The van der Waals surface area contributed by atoms with Crippen molar-refractivity contribution in [2.24, 2.45) is 0 Å². The molecule has 0 unspecified atom stereocenters. The lowest BCUT2D eigenvalue weighted by Crippen LogP contribution is -2.18. The summed E-state index contributed by atoms with van der Waals surface area (Å²) in [5.41, 5.74) is 42.0. The van der Waals surface area contributed by atoms with Crippen molar-refractivity contribution in [1.29, 1.82) is 0 Å². The van der Waals surface area contributed by atoms with Gasteiger partial charge in [-0.05, 0) is 259 Å². The number of rotatable bonds is 14. The van der Waals surface area contributed by atoms with E-state index in [1.54, 1.807) is 0 Å². The van der Waals surface area contributed by atoms with Crippen LogP contribution in [0.3, 0.4) is 0 Å². The highest BCUT2D eigenvalue weighted by molar-refractivity contribution is 6.22. The SMILES string of the molecule is CC1(C)c2cc(N(c3ccc(-c4ccccc4)cc3)c3ccc4c(c3)CC3=C4c4cccc5cccc3c45)ccc2-c2ccc(N(c3ccccc3)c3cccc4ccccc34)cc21.c1ccc(-c2ccc(-c3ccc(N(c4ccc(-c5ccccc5)cc4)c4ccc(-c5ccc6c7c([nH]c6c5)-c5cccc6cccc-7c56)cc4)cc3)cc2)cc1. The molecular formula is C116H80N4. The third-order valence-corrected chi connectivity index (χ3v) is 25.6. The molecule has 4 heteroatoms. The Kier molecular flexibility index (Phi) is 16.7. The smallest absolute Gasteiger partial charge is 0.0551 e. The number of para-hydroxylation sites is 1. The molecular weight excluding hydrogens is 1450 g/mol. The maximum Gasteiger partial charge on any atom is 0.0551 e.